The monoisotopic (exact) mass is 447 g/mol. The molecule has 1 fully saturated rings. The number of anilines is 1. The van der Waals surface area contributed by atoms with E-state index < -0.39 is 0 Å². The Morgan fingerprint density at radius 3 is 2.70 bits per heavy atom. The van der Waals surface area contributed by atoms with Gasteiger partial charge in [-0.1, -0.05) is 48.0 Å². The zero-order valence-corrected chi connectivity index (χ0v) is 20.0. The number of carbonyl (C=O) groups excluding carboxylic acids is 1. The van der Waals surface area contributed by atoms with E-state index in [1.807, 2.05) is 24.1 Å². The SMILES string of the molecule is CN=C(NCCCC(=O)N1CCc2ccccc21)NC1CCN(Cc2cccc(C)c2)CC1. The molecule has 6 nitrogen and oxygen atoms in total. The summed E-state index contributed by atoms with van der Waals surface area (Å²) in [7, 11) is 1.81. The first-order valence-electron chi connectivity index (χ1n) is 12.3. The Labute approximate surface area is 198 Å². The van der Waals surface area contributed by atoms with Crippen molar-refractivity contribution < 1.29 is 4.79 Å². The van der Waals surface area contributed by atoms with Gasteiger partial charge in [0.25, 0.3) is 0 Å². The molecular weight excluding hydrogens is 410 g/mol. The molecule has 2 N–H and O–H groups in total. The fourth-order valence-corrected chi connectivity index (χ4v) is 4.87. The van der Waals surface area contributed by atoms with Gasteiger partial charge in [0.1, 0.15) is 0 Å². The quantitative estimate of drug-likeness (QED) is 0.388. The maximum atomic E-state index is 12.7. The number of carbonyl (C=O) groups is 1. The van der Waals surface area contributed by atoms with E-state index in [9.17, 15) is 4.79 Å². The van der Waals surface area contributed by atoms with Crippen molar-refractivity contribution in [3.05, 3.63) is 65.2 Å². The van der Waals surface area contributed by atoms with Crippen LogP contribution in [0.1, 0.15) is 42.4 Å². The van der Waals surface area contributed by atoms with Crippen LogP contribution < -0.4 is 15.5 Å². The smallest absolute Gasteiger partial charge is 0.227 e. The van der Waals surface area contributed by atoms with E-state index in [1.165, 1.54) is 16.7 Å². The highest BCUT2D eigenvalue weighted by Crippen LogP contribution is 2.28. The van der Waals surface area contributed by atoms with Crippen LogP contribution in [0, 0.1) is 6.92 Å². The van der Waals surface area contributed by atoms with Crippen molar-refractivity contribution in [1.29, 1.82) is 0 Å². The predicted octanol–water partition coefficient (Wildman–Crippen LogP) is 3.49. The number of likely N-dealkylation sites (tertiary alicyclic amines) is 1. The second-order valence-electron chi connectivity index (χ2n) is 9.21. The number of benzene rings is 2. The van der Waals surface area contributed by atoms with Gasteiger partial charge in [0.2, 0.25) is 5.91 Å². The summed E-state index contributed by atoms with van der Waals surface area (Å²) in [5.74, 6) is 1.05. The average molecular weight is 448 g/mol. The minimum Gasteiger partial charge on any atom is -0.356 e. The van der Waals surface area contributed by atoms with Crippen LogP contribution in [-0.2, 0) is 17.8 Å². The highest BCUT2D eigenvalue weighted by molar-refractivity contribution is 5.95. The Hall–Kier alpha value is -2.86. The fraction of sp³-hybridized carbons (Fsp3) is 0.481. The Balaban J connectivity index is 1.14. The maximum absolute atomic E-state index is 12.7. The van der Waals surface area contributed by atoms with Crippen LogP contribution in [0.25, 0.3) is 0 Å². The number of nitrogens with zero attached hydrogens (tertiary/aromatic N) is 3. The van der Waals surface area contributed by atoms with Crippen molar-refractivity contribution in [3.8, 4) is 0 Å². The van der Waals surface area contributed by atoms with Crippen LogP contribution in [0.4, 0.5) is 5.69 Å². The lowest BCUT2D eigenvalue weighted by atomic mass is 10.0. The molecule has 2 aliphatic rings. The van der Waals surface area contributed by atoms with Gasteiger partial charge in [0.15, 0.2) is 5.96 Å². The van der Waals surface area contributed by atoms with Gasteiger partial charge in [-0.25, -0.2) is 0 Å². The molecule has 0 spiro atoms. The first-order chi connectivity index (χ1) is 16.1. The molecule has 1 amide bonds. The highest BCUT2D eigenvalue weighted by Gasteiger charge is 2.23. The number of fused-ring (bicyclic) bond motifs is 1. The number of amides is 1. The lowest BCUT2D eigenvalue weighted by molar-refractivity contribution is -0.118. The molecule has 2 aromatic carbocycles. The summed E-state index contributed by atoms with van der Waals surface area (Å²) in [6, 6.07) is 17.5. The molecule has 4 rings (SSSR count). The lowest BCUT2D eigenvalue weighted by Crippen LogP contribution is -2.48. The largest absolute Gasteiger partial charge is 0.356 e. The Morgan fingerprint density at radius 2 is 1.91 bits per heavy atom. The fourth-order valence-electron chi connectivity index (χ4n) is 4.87. The lowest BCUT2D eigenvalue weighted by Gasteiger charge is -2.33. The first kappa shape index (κ1) is 23.3. The standard InChI is InChI=1S/C27H37N5O/c1-21-7-5-8-22(19-21)20-31-16-13-24(14-17-31)30-27(28-2)29-15-6-11-26(33)32-18-12-23-9-3-4-10-25(23)32/h3-5,7-10,19,24H,6,11-18,20H2,1-2H3,(H2,28,29,30). The summed E-state index contributed by atoms with van der Waals surface area (Å²) in [6.07, 6.45) is 4.53. The number of hydrogen-bond acceptors (Lipinski definition) is 3. The Kier molecular flexibility index (Phi) is 8.00. The molecular formula is C27H37N5O. The van der Waals surface area contributed by atoms with E-state index >= 15 is 0 Å². The molecule has 176 valence electrons. The number of hydrogen-bond donors (Lipinski definition) is 2. The zero-order valence-electron chi connectivity index (χ0n) is 20.0. The van der Waals surface area contributed by atoms with Crippen LogP contribution in [0.2, 0.25) is 0 Å². The molecule has 1 saturated heterocycles. The Bertz CT molecular complexity index is 964. The molecule has 0 saturated carbocycles. The highest BCUT2D eigenvalue weighted by atomic mass is 16.2. The van der Waals surface area contributed by atoms with Crippen molar-refractivity contribution in [3.63, 3.8) is 0 Å². The van der Waals surface area contributed by atoms with Crippen molar-refractivity contribution >= 4 is 17.6 Å². The third-order valence-corrected chi connectivity index (χ3v) is 6.69. The number of aryl methyl sites for hydroxylation is 1. The van der Waals surface area contributed by atoms with E-state index in [0.717, 1.165) is 70.1 Å². The van der Waals surface area contributed by atoms with Crippen molar-refractivity contribution in [1.82, 2.24) is 15.5 Å². The predicted molar refractivity (Wildman–Crippen MR) is 136 cm³/mol. The van der Waals surface area contributed by atoms with Gasteiger partial charge in [-0.2, -0.15) is 0 Å². The summed E-state index contributed by atoms with van der Waals surface area (Å²) >= 11 is 0. The molecule has 33 heavy (non-hydrogen) atoms. The van der Waals surface area contributed by atoms with Gasteiger partial charge in [0.05, 0.1) is 0 Å². The molecule has 0 unspecified atom stereocenters. The molecule has 2 aliphatic heterocycles. The normalized spacial score (nSPS) is 17.2. The summed E-state index contributed by atoms with van der Waals surface area (Å²) in [4.78, 5) is 21.5. The second-order valence-corrected chi connectivity index (χ2v) is 9.21. The summed E-state index contributed by atoms with van der Waals surface area (Å²) in [5.41, 5.74) is 5.08. The number of para-hydroxylation sites is 1. The third kappa shape index (κ3) is 6.35. The van der Waals surface area contributed by atoms with E-state index in [4.69, 9.17) is 0 Å². The second kappa shape index (κ2) is 11.3. The van der Waals surface area contributed by atoms with E-state index in [0.29, 0.717) is 12.5 Å². The summed E-state index contributed by atoms with van der Waals surface area (Å²) in [6.45, 7) is 6.91. The van der Waals surface area contributed by atoms with E-state index in [1.54, 1.807) is 0 Å². The van der Waals surface area contributed by atoms with Gasteiger partial charge >= 0.3 is 0 Å². The van der Waals surface area contributed by atoms with E-state index in [-0.39, 0.29) is 5.91 Å². The summed E-state index contributed by atoms with van der Waals surface area (Å²) in [5, 5.41) is 6.97. The molecule has 0 atom stereocenters. The molecule has 0 bridgehead atoms. The van der Waals surface area contributed by atoms with Crippen molar-refractivity contribution in [2.24, 2.45) is 4.99 Å². The van der Waals surface area contributed by atoms with Gasteiger partial charge < -0.3 is 15.5 Å². The number of rotatable bonds is 7. The van der Waals surface area contributed by atoms with Crippen molar-refractivity contribution in [2.75, 3.05) is 38.1 Å². The minimum absolute atomic E-state index is 0.214. The number of piperidine rings is 1. The van der Waals surface area contributed by atoms with Gasteiger partial charge in [0, 0.05) is 57.9 Å². The van der Waals surface area contributed by atoms with Crippen LogP contribution in [0.5, 0.6) is 0 Å². The molecule has 0 aromatic heterocycles. The third-order valence-electron chi connectivity index (χ3n) is 6.69. The van der Waals surface area contributed by atoms with Crippen LogP contribution in [0.3, 0.4) is 0 Å². The van der Waals surface area contributed by atoms with Gasteiger partial charge in [-0.15, -0.1) is 0 Å². The minimum atomic E-state index is 0.214. The molecule has 2 aromatic rings. The summed E-state index contributed by atoms with van der Waals surface area (Å²) < 4.78 is 0. The first-order valence-corrected chi connectivity index (χ1v) is 12.3. The van der Waals surface area contributed by atoms with Crippen LogP contribution in [-0.4, -0.2) is 56.0 Å². The number of guanidine groups is 1. The van der Waals surface area contributed by atoms with E-state index in [2.05, 4.69) is 63.8 Å². The van der Waals surface area contributed by atoms with Crippen LogP contribution >= 0.6 is 0 Å². The molecule has 6 heteroatoms. The zero-order chi connectivity index (χ0) is 23.0. The maximum Gasteiger partial charge on any atom is 0.227 e. The molecule has 0 aliphatic carbocycles. The topological polar surface area (TPSA) is 60.0 Å². The molecule has 0 radical (unpaired) electrons. The van der Waals surface area contributed by atoms with Crippen molar-refractivity contribution in [2.45, 2.75) is 51.6 Å². The van der Waals surface area contributed by atoms with Crippen LogP contribution in [0.15, 0.2) is 53.5 Å². The average Bonchev–Trinajstić information content (AvgIpc) is 3.26. The number of aliphatic imine (C=N–C) groups is 1. The van der Waals surface area contributed by atoms with Gasteiger partial charge in [-0.05, 0) is 49.8 Å². The Morgan fingerprint density at radius 1 is 1.09 bits per heavy atom. The number of nitrogens with one attached hydrogen (secondary N) is 2. The van der Waals surface area contributed by atoms with Gasteiger partial charge in [-0.3, -0.25) is 14.7 Å². The molecule has 2 heterocycles.